The zero-order valence-corrected chi connectivity index (χ0v) is 17.0. The lowest BCUT2D eigenvalue weighted by Gasteiger charge is -2.23. The van der Waals surface area contributed by atoms with Gasteiger partial charge in [0.1, 0.15) is 18.0 Å². The van der Waals surface area contributed by atoms with Crippen molar-refractivity contribution in [2.75, 3.05) is 41.0 Å². The van der Waals surface area contributed by atoms with Crippen molar-refractivity contribution in [3.05, 3.63) is 59.7 Å². The van der Waals surface area contributed by atoms with Crippen molar-refractivity contribution >= 4 is 11.8 Å². The van der Waals surface area contributed by atoms with E-state index in [9.17, 15) is 9.59 Å². The summed E-state index contributed by atoms with van der Waals surface area (Å²) >= 11 is 0. The third-order valence-corrected chi connectivity index (χ3v) is 5.00. The first-order chi connectivity index (χ1) is 14.0. The van der Waals surface area contributed by atoms with Crippen LogP contribution in [-0.2, 0) is 16.1 Å². The molecule has 1 saturated heterocycles. The molecule has 29 heavy (non-hydrogen) atoms. The van der Waals surface area contributed by atoms with Gasteiger partial charge >= 0.3 is 0 Å². The maximum Gasteiger partial charge on any atom is 0.258 e. The van der Waals surface area contributed by atoms with Crippen molar-refractivity contribution in [3.63, 3.8) is 0 Å². The number of hydrogen-bond donors (Lipinski definition) is 0. The standard InChI is InChI=1S/C22H26N2O5/c1-27-17-9-10-20(29-3)19(11-17)22(26)24-14-18(28-2)13-23(21(25)15-24)12-16-7-5-4-6-8-16/h4-11,18H,12-15H2,1-3H3/t18-/m0/s1. The quantitative estimate of drug-likeness (QED) is 0.746. The third kappa shape index (κ3) is 4.86. The molecule has 0 spiro atoms. The Labute approximate surface area is 170 Å². The second-order valence-corrected chi connectivity index (χ2v) is 6.87. The van der Waals surface area contributed by atoms with Crippen molar-refractivity contribution in [1.29, 1.82) is 0 Å². The molecule has 1 aliphatic rings. The van der Waals surface area contributed by atoms with E-state index in [0.29, 0.717) is 36.7 Å². The van der Waals surface area contributed by atoms with Crippen LogP contribution in [0.1, 0.15) is 15.9 Å². The molecular weight excluding hydrogens is 372 g/mol. The highest BCUT2D eigenvalue weighted by atomic mass is 16.5. The zero-order valence-electron chi connectivity index (χ0n) is 17.0. The second kappa shape index (κ2) is 9.43. The number of rotatable bonds is 6. The van der Waals surface area contributed by atoms with Gasteiger partial charge in [0.2, 0.25) is 5.91 Å². The lowest BCUT2D eigenvalue weighted by Crippen LogP contribution is -2.39. The molecule has 0 N–H and O–H groups in total. The first kappa shape index (κ1) is 20.7. The first-order valence-corrected chi connectivity index (χ1v) is 9.41. The van der Waals surface area contributed by atoms with Crippen LogP contribution in [0.4, 0.5) is 0 Å². The normalized spacial score (nSPS) is 17.1. The number of hydrogen-bond acceptors (Lipinski definition) is 5. The number of amides is 2. The van der Waals surface area contributed by atoms with Crippen LogP contribution in [-0.4, -0.2) is 68.7 Å². The number of nitrogens with zero attached hydrogens (tertiary/aromatic N) is 2. The summed E-state index contributed by atoms with van der Waals surface area (Å²) in [6.07, 6.45) is -0.286. The minimum Gasteiger partial charge on any atom is -0.497 e. The minimum atomic E-state index is -0.294. The van der Waals surface area contributed by atoms with Gasteiger partial charge < -0.3 is 24.0 Å². The fourth-order valence-corrected chi connectivity index (χ4v) is 3.39. The van der Waals surface area contributed by atoms with E-state index in [1.807, 2.05) is 30.3 Å². The molecule has 2 amide bonds. The highest BCUT2D eigenvalue weighted by Crippen LogP contribution is 2.26. The Hall–Kier alpha value is -3.06. The number of carbonyl (C=O) groups is 2. The van der Waals surface area contributed by atoms with E-state index in [1.165, 1.54) is 19.1 Å². The van der Waals surface area contributed by atoms with Gasteiger partial charge in [-0.3, -0.25) is 9.59 Å². The van der Waals surface area contributed by atoms with Gasteiger partial charge in [-0.2, -0.15) is 0 Å². The van der Waals surface area contributed by atoms with Crippen LogP contribution in [0, 0.1) is 0 Å². The van der Waals surface area contributed by atoms with Gasteiger partial charge in [-0.1, -0.05) is 30.3 Å². The van der Waals surface area contributed by atoms with Crippen molar-refractivity contribution in [3.8, 4) is 11.5 Å². The summed E-state index contributed by atoms with van der Waals surface area (Å²) in [5.41, 5.74) is 1.39. The Morgan fingerprint density at radius 2 is 1.79 bits per heavy atom. The largest absolute Gasteiger partial charge is 0.497 e. The molecule has 0 radical (unpaired) electrons. The van der Waals surface area contributed by atoms with Gasteiger partial charge in [-0.15, -0.1) is 0 Å². The Balaban J connectivity index is 1.83. The molecule has 0 aliphatic carbocycles. The topological polar surface area (TPSA) is 68.3 Å². The molecule has 0 aromatic heterocycles. The minimum absolute atomic E-state index is 0.0219. The summed E-state index contributed by atoms with van der Waals surface area (Å²) in [5, 5.41) is 0. The smallest absolute Gasteiger partial charge is 0.258 e. The van der Waals surface area contributed by atoms with Gasteiger partial charge in [0.25, 0.3) is 5.91 Å². The number of carbonyl (C=O) groups excluding carboxylic acids is 2. The van der Waals surface area contributed by atoms with E-state index < -0.39 is 0 Å². The Bertz CT molecular complexity index is 856. The Morgan fingerprint density at radius 1 is 1.03 bits per heavy atom. The molecule has 154 valence electrons. The van der Waals surface area contributed by atoms with Crippen LogP contribution in [0.25, 0.3) is 0 Å². The van der Waals surface area contributed by atoms with E-state index in [0.717, 1.165) is 5.56 Å². The van der Waals surface area contributed by atoms with E-state index in [1.54, 1.807) is 30.2 Å². The summed E-state index contributed by atoms with van der Waals surface area (Å²) in [6, 6.07) is 14.8. The molecule has 1 heterocycles. The van der Waals surface area contributed by atoms with Crippen molar-refractivity contribution in [2.45, 2.75) is 12.6 Å². The van der Waals surface area contributed by atoms with E-state index in [-0.39, 0.29) is 24.5 Å². The van der Waals surface area contributed by atoms with Crippen molar-refractivity contribution < 1.29 is 23.8 Å². The lowest BCUT2D eigenvalue weighted by molar-refractivity contribution is -0.132. The van der Waals surface area contributed by atoms with Crippen LogP contribution in [0.15, 0.2) is 48.5 Å². The fraction of sp³-hybridized carbons (Fsp3) is 0.364. The summed E-state index contributed by atoms with van der Waals surface area (Å²) in [5.74, 6) is 0.563. The van der Waals surface area contributed by atoms with Gasteiger partial charge in [-0.25, -0.2) is 0 Å². The molecule has 7 nitrogen and oxygen atoms in total. The Morgan fingerprint density at radius 3 is 2.45 bits per heavy atom. The van der Waals surface area contributed by atoms with Crippen LogP contribution in [0.3, 0.4) is 0 Å². The fourth-order valence-electron chi connectivity index (χ4n) is 3.39. The summed E-state index contributed by atoms with van der Waals surface area (Å²) in [4.78, 5) is 29.4. The van der Waals surface area contributed by atoms with Gasteiger partial charge in [0.05, 0.1) is 25.9 Å². The van der Waals surface area contributed by atoms with Gasteiger partial charge in [-0.05, 0) is 23.8 Å². The average molecular weight is 398 g/mol. The highest BCUT2D eigenvalue weighted by Gasteiger charge is 2.32. The second-order valence-electron chi connectivity index (χ2n) is 6.87. The number of ether oxygens (including phenoxy) is 3. The predicted octanol–water partition coefficient (Wildman–Crippen LogP) is 2.20. The summed E-state index contributed by atoms with van der Waals surface area (Å²) in [7, 11) is 4.63. The number of methoxy groups -OCH3 is 3. The van der Waals surface area contributed by atoms with Crippen LogP contribution in [0.2, 0.25) is 0 Å². The number of benzene rings is 2. The SMILES string of the molecule is COc1ccc(OC)c(C(=O)N2CC(=O)N(Cc3ccccc3)C[C@H](OC)C2)c1. The molecular formula is C22H26N2O5. The van der Waals surface area contributed by atoms with Crippen LogP contribution >= 0.6 is 0 Å². The first-order valence-electron chi connectivity index (χ1n) is 9.41. The monoisotopic (exact) mass is 398 g/mol. The van der Waals surface area contributed by atoms with Crippen molar-refractivity contribution in [1.82, 2.24) is 9.80 Å². The van der Waals surface area contributed by atoms with Crippen LogP contribution < -0.4 is 9.47 Å². The van der Waals surface area contributed by atoms with Crippen molar-refractivity contribution in [2.24, 2.45) is 0 Å². The zero-order chi connectivity index (χ0) is 20.8. The predicted molar refractivity (Wildman–Crippen MR) is 108 cm³/mol. The lowest BCUT2D eigenvalue weighted by atomic mass is 10.1. The molecule has 3 rings (SSSR count). The van der Waals surface area contributed by atoms with E-state index in [2.05, 4.69) is 0 Å². The highest BCUT2D eigenvalue weighted by molar-refractivity contribution is 5.99. The molecule has 1 atom stereocenters. The summed E-state index contributed by atoms with van der Waals surface area (Å²) in [6.45, 7) is 1.19. The molecule has 7 heteroatoms. The molecule has 0 saturated carbocycles. The molecule has 0 unspecified atom stereocenters. The molecule has 1 fully saturated rings. The molecule has 2 aromatic rings. The molecule has 2 aromatic carbocycles. The van der Waals surface area contributed by atoms with Gasteiger partial charge in [0, 0.05) is 26.7 Å². The van der Waals surface area contributed by atoms with E-state index in [4.69, 9.17) is 14.2 Å². The molecule has 1 aliphatic heterocycles. The summed E-state index contributed by atoms with van der Waals surface area (Å²) < 4.78 is 16.1. The Kier molecular flexibility index (Phi) is 6.72. The third-order valence-electron chi connectivity index (χ3n) is 5.00. The average Bonchev–Trinajstić information content (AvgIpc) is 2.92. The van der Waals surface area contributed by atoms with Gasteiger partial charge in [0.15, 0.2) is 0 Å². The molecule has 0 bridgehead atoms. The maximum absolute atomic E-state index is 13.2. The van der Waals surface area contributed by atoms with E-state index >= 15 is 0 Å². The van der Waals surface area contributed by atoms with Crippen LogP contribution in [0.5, 0.6) is 11.5 Å². The maximum atomic E-state index is 13.2.